The lowest BCUT2D eigenvalue weighted by molar-refractivity contribution is -0.138. The third-order valence-electron chi connectivity index (χ3n) is 3.60. The van der Waals surface area contributed by atoms with Crippen LogP contribution in [-0.4, -0.2) is 45.2 Å². The lowest BCUT2D eigenvalue weighted by Gasteiger charge is -2.32. The molecule has 6 nitrogen and oxygen atoms in total. The maximum absolute atomic E-state index is 12.5. The molecule has 1 unspecified atom stereocenters. The Kier molecular flexibility index (Phi) is 4.32. The van der Waals surface area contributed by atoms with Gasteiger partial charge in [0.25, 0.3) is 5.91 Å². The quantitative estimate of drug-likeness (QED) is 0.903. The van der Waals surface area contributed by atoms with E-state index in [1.807, 2.05) is 0 Å². The Labute approximate surface area is 117 Å². The normalized spacial score (nSPS) is 18.9. The van der Waals surface area contributed by atoms with Crippen LogP contribution in [-0.2, 0) is 4.79 Å². The van der Waals surface area contributed by atoms with Crippen LogP contribution in [0.3, 0.4) is 0 Å². The van der Waals surface area contributed by atoms with Gasteiger partial charge >= 0.3 is 5.97 Å². The fourth-order valence-corrected chi connectivity index (χ4v) is 2.60. The molecule has 108 valence electrons. The van der Waals surface area contributed by atoms with E-state index in [1.54, 1.807) is 24.8 Å². The highest BCUT2D eigenvalue weighted by atomic mass is 16.4. The maximum atomic E-state index is 12.5. The zero-order valence-electron chi connectivity index (χ0n) is 11.8. The molecule has 0 bridgehead atoms. The van der Waals surface area contributed by atoms with E-state index in [0.717, 1.165) is 12.8 Å². The number of carbonyl (C=O) groups excluding carboxylic acids is 1. The van der Waals surface area contributed by atoms with Gasteiger partial charge in [0.2, 0.25) is 0 Å². The second-order valence-corrected chi connectivity index (χ2v) is 5.34. The molecule has 0 saturated carbocycles. The average Bonchev–Trinajstić information content (AvgIpc) is 2.40. The number of carbonyl (C=O) groups is 2. The molecule has 0 aliphatic carbocycles. The highest BCUT2D eigenvalue weighted by Gasteiger charge is 2.27. The number of carboxylic acids is 1. The number of piperidine rings is 1. The van der Waals surface area contributed by atoms with Crippen molar-refractivity contribution in [3.8, 4) is 0 Å². The number of hydrogen-bond acceptors (Lipinski definition) is 4. The molecule has 1 amide bonds. The summed E-state index contributed by atoms with van der Waals surface area (Å²) in [7, 11) is 0. The first kappa shape index (κ1) is 14.4. The number of carboxylic acid groups (broad SMARTS) is 1. The summed E-state index contributed by atoms with van der Waals surface area (Å²) in [5.41, 5.74) is 1.88. The topological polar surface area (TPSA) is 83.4 Å². The van der Waals surface area contributed by atoms with Crippen LogP contribution in [0.4, 0.5) is 0 Å². The largest absolute Gasteiger partial charge is 0.481 e. The van der Waals surface area contributed by atoms with Gasteiger partial charge in [0, 0.05) is 19.5 Å². The zero-order chi connectivity index (χ0) is 14.7. The molecule has 20 heavy (non-hydrogen) atoms. The molecule has 0 spiro atoms. The fourth-order valence-electron chi connectivity index (χ4n) is 2.60. The molecule has 1 N–H and O–H groups in total. The Hall–Kier alpha value is -1.98. The molecule has 0 radical (unpaired) electrons. The minimum Gasteiger partial charge on any atom is -0.481 e. The molecule has 1 atom stereocenters. The number of rotatable bonds is 3. The molecule has 1 aliphatic rings. The fraction of sp³-hybridized carbons (Fsp3) is 0.571. The number of aromatic nitrogens is 2. The summed E-state index contributed by atoms with van der Waals surface area (Å²) >= 11 is 0. The average molecular weight is 277 g/mol. The summed E-state index contributed by atoms with van der Waals surface area (Å²) in [4.78, 5) is 25.0. The molecule has 2 heterocycles. The van der Waals surface area contributed by atoms with Crippen LogP contribution in [0.15, 0.2) is 6.07 Å². The summed E-state index contributed by atoms with van der Waals surface area (Å²) in [5.74, 6) is -0.834. The number of nitrogens with zero attached hydrogens (tertiary/aromatic N) is 3. The van der Waals surface area contributed by atoms with Crippen molar-refractivity contribution >= 4 is 11.9 Å². The minimum absolute atomic E-state index is 0.0430. The van der Waals surface area contributed by atoms with Crippen molar-refractivity contribution in [2.24, 2.45) is 5.92 Å². The van der Waals surface area contributed by atoms with Gasteiger partial charge in [-0.15, -0.1) is 0 Å². The van der Waals surface area contributed by atoms with E-state index in [2.05, 4.69) is 10.2 Å². The smallest absolute Gasteiger partial charge is 0.303 e. The Morgan fingerprint density at radius 1 is 1.40 bits per heavy atom. The van der Waals surface area contributed by atoms with E-state index in [4.69, 9.17) is 5.11 Å². The number of hydrogen-bond donors (Lipinski definition) is 1. The van der Waals surface area contributed by atoms with Gasteiger partial charge < -0.3 is 10.0 Å². The molecule has 0 aromatic carbocycles. The predicted molar refractivity (Wildman–Crippen MR) is 72.4 cm³/mol. The molecule has 1 aromatic heterocycles. The monoisotopic (exact) mass is 277 g/mol. The van der Waals surface area contributed by atoms with Gasteiger partial charge in [0.15, 0.2) is 0 Å². The first-order valence-electron chi connectivity index (χ1n) is 6.79. The summed E-state index contributed by atoms with van der Waals surface area (Å²) in [6.07, 6.45) is 1.83. The van der Waals surface area contributed by atoms with Crippen molar-refractivity contribution in [3.63, 3.8) is 0 Å². The van der Waals surface area contributed by atoms with Gasteiger partial charge in [-0.3, -0.25) is 9.59 Å². The molecule has 6 heteroatoms. The highest BCUT2D eigenvalue weighted by molar-refractivity contribution is 5.95. The van der Waals surface area contributed by atoms with Crippen molar-refractivity contribution in [2.45, 2.75) is 33.1 Å². The van der Waals surface area contributed by atoms with E-state index < -0.39 is 5.97 Å². The van der Waals surface area contributed by atoms with Crippen LogP contribution < -0.4 is 0 Å². The molecule has 1 saturated heterocycles. The van der Waals surface area contributed by atoms with Crippen LogP contribution in [0.5, 0.6) is 0 Å². The second kappa shape index (κ2) is 5.98. The number of likely N-dealkylation sites (tertiary alicyclic amines) is 1. The standard InChI is InChI=1S/C14H19N3O3/c1-9-6-12(10(2)16-15-9)14(20)17-5-3-4-11(8-17)7-13(18)19/h6,11H,3-5,7-8H2,1-2H3,(H,18,19). The molecule has 1 fully saturated rings. The highest BCUT2D eigenvalue weighted by Crippen LogP contribution is 2.21. The van der Waals surface area contributed by atoms with E-state index in [1.165, 1.54) is 0 Å². The number of aliphatic carboxylic acids is 1. The van der Waals surface area contributed by atoms with Gasteiger partial charge in [0.1, 0.15) is 0 Å². The van der Waals surface area contributed by atoms with Crippen LogP contribution in [0.2, 0.25) is 0 Å². The molecular formula is C14H19N3O3. The number of aryl methyl sites for hydroxylation is 2. The molecule has 1 aliphatic heterocycles. The first-order chi connectivity index (χ1) is 9.47. The van der Waals surface area contributed by atoms with Crippen LogP contribution in [0, 0.1) is 19.8 Å². The maximum Gasteiger partial charge on any atom is 0.303 e. The third-order valence-corrected chi connectivity index (χ3v) is 3.60. The van der Waals surface area contributed by atoms with Gasteiger partial charge in [-0.2, -0.15) is 10.2 Å². The summed E-state index contributed by atoms with van der Waals surface area (Å²) in [6.45, 7) is 4.74. The van der Waals surface area contributed by atoms with Crippen LogP contribution in [0.1, 0.15) is 41.0 Å². The van der Waals surface area contributed by atoms with Crippen molar-refractivity contribution in [1.29, 1.82) is 0 Å². The summed E-state index contributed by atoms with van der Waals surface area (Å²) in [6, 6.07) is 1.74. The van der Waals surface area contributed by atoms with Crippen molar-refractivity contribution in [2.75, 3.05) is 13.1 Å². The molecular weight excluding hydrogens is 258 g/mol. The molecule has 1 aromatic rings. The van der Waals surface area contributed by atoms with E-state index >= 15 is 0 Å². The molecule has 2 rings (SSSR count). The van der Waals surface area contributed by atoms with Crippen molar-refractivity contribution in [1.82, 2.24) is 15.1 Å². The lowest BCUT2D eigenvalue weighted by atomic mass is 9.94. The predicted octanol–water partition coefficient (Wildman–Crippen LogP) is 1.42. The minimum atomic E-state index is -0.804. The SMILES string of the molecule is Cc1cc(C(=O)N2CCCC(CC(=O)O)C2)c(C)nn1. The van der Waals surface area contributed by atoms with Crippen molar-refractivity contribution < 1.29 is 14.7 Å². The van der Waals surface area contributed by atoms with Gasteiger partial charge in [0.05, 0.1) is 17.0 Å². The Bertz CT molecular complexity index is 530. The Morgan fingerprint density at radius 2 is 2.15 bits per heavy atom. The van der Waals surface area contributed by atoms with E-state index in [0.29, 0.717) is 30.0 Å². The number of amides is 1. The zero-order valence-corrected chi connectivity index (χ0v) is 11.8. The van der Waals surface area contributed by atoms with Gasteiger partial charge in [-0.1, -0.05) is 0 Å². The Morgan fingerprint density at radius 3 is 2.85 bits per heavy atom. The van der Waals surface area contributed by atoms with Crippen LogP contribution >= 0.6 is 0 Å². The van der Waals surface area contributed by atoms with Gasteiger partial charge in [-0.25, -0.2) is 0 Å². The van der Waals surface area contributed by atoms with E-state index in [9.17, 15) is 9.59 Å². The van der Waals surface area contributed by atoms with Crippen LogP contribution in [0.25, 0.3) is 0 Å². The Balaban J connectivity index is 2.12. The summed E-state index contributed by atoms with van der Waals surface area (Å²) in [5, 5.41) is 16.8. The lowest BCUT2D eigenvalue weighted by Crippen LogP contribution is -2.40. The second-order valence-electron chi connectivity index (χ2n) is 5.34. The third kappa shape index (κ3) is 3.31. The van der Waals surface area contributed by atoms with E-state index in [-0.39, 0.29) is 18.2 Å². The summed E-state index contributed by atoms with van der Waals surface area (Å²) < 4.78 is 0. The first-order valence-corrected chi connectivity index (χ1v) is 6.79. The van der Waals surface area contributed by atoms with Crippen molar-refractivity contribution in [3.05, 3.63) is 23.0 Å². The van der Waals surface area contributed by atoms with Gasteiger partial charge in [-0.05, 0) is 38.7 Å².